The topological polar surface area (TPSA) is 32.5 Å². The van der Waals surface area contributed by atoms with Crippen LogP contribution >= 0.6 is 11.8 Å². The van der Waals surface area contributed by atoms with Crippen LogP contribution in [-0.4, -0.2) is 66.1 Å². The molecule has 0 saturated carbocycles. The van der Waals surface area contributed by atoms with Gasteiger partial charge in [0.15, 0.2) is 0 Å². The number of hydrogen-bond donors (Lipinski definition) is 1. The van der Waals surface area contributed by atoms with Crippen molar-refractivity contribution in [1.82, 2.24) is 9.80 Å². The molecule has 2 rings (SSSR count). The molecule has 0 aromatic rings. The molecule has 0 bridgehead atoms. The van der Waals surface area contributed by atoms with Crippen LogP contribution in [0.15, 0.2) is 0 Å². The summed E-state index contributed by atoms with van der Waals surface area (Å²) >= 11 is 2.10. The maximum Gasteiger partial charge on any atom is 0.0356 e. The van der Waals surface area contributed by atoms with Crippen molar-refractivity contribution in [3.63, 3.8) is 0 Å². The van der Waals surface area contributed by atoms with Crippen LogP contribution in [-0.2, 0) is 0 Å². The lowest BCUT2D eigenvalue weighted by molar-refractivity contribution is 0.0231. The average molecular weight is 271 g/mol. The highest BCUT2D eigenvalue weighted by Crippen LogP contribution is 2.33. The second-order valence-corrected chi connectivity index (χ2v) is 7.05. The molecule has 2 N–H and O–H groups in total. The second kappa shape index (κ2) is 6.60. The molecule has 0 aromatic carbocycles. The van der Waals surface area contributed by atoms with Gasteiger partial charge in [-0.3, -0.25) is 4.90 Å². The van der Waals surface area contributed by atoms with Crippen LogP contribution in [0.3, 0.4) is 0 Å². The lowest BCUT2D eigenvalue weighted by atomic mass is 9.84. The molecule has 2 fully saturated rings. The first kappa shape index (κ1) is 14.6. The number of rotatable bonds is 5. The highest BCUT2D eigenvalue weighted by molar-refractivity contribution is 7.99. The third kappa shape index (κ3) is 3.03. The standard InChI is InChI=1S/C14H29N3S/c1-3-7-17-8-5-14(12-15,6-9-17)16(2)13-4-10-18-11-13/h13H,3-12,15H2,1-2H3. The van der Waals surface area contributed by atoms with Crippen molar-refractivity contribution in [1.29, 1.82) is 0 Å². The van der Waals surface area contributed by atoms with Crippen molar-refractivity contribution < 1.29 is 0 Å². The Morgan fingerprint density at radius 1 is 1.39 bits per heavy atom. The summed E-state index contributed by atoms with van der Waals surface area (Å²) < 4.78 is 0. The smallest absolute Gasteiger partial charge is 0.0356 e. The van der Waals surface area contributed by atoms with E-state index in [9.17, 15) is 0 Å². The van der Waals surface area contributed by atoms with Gasteiger partial charge in [-0.05, 0) is 58.1 Å². The van der Waals surface area contributed by atoms with E-state index >= 15 is 0 Å². The third-order valence-corrected chi connectivity index (χ3v) is 6.05. The summed E-state index contributed by atoms with van der Waals surface area (Å²) in [5.74, 6) is 2.63. The van der Waals surface area contributed by atoms with Gasteiger partial charge in [0.2, 0.25) is 0 Å². The third-order valence-electron chi connectivity index (χ3n) is 4.91. The summed E-state index contributed by atoms with van der Waals surface area (Å²) in [7, 11) is 2.32. The lowest BCUT2D eigenvalue weighted by Crippen LogP contribution is -2.60. The zero-order valence-electron chi connectivity index (χ0n) is 12.0. The Balaban J connectivity index is 1.94. The predicted octanol–water partition coefficient (Wildman–Crippen LogP) is 1.63. The number of piperidine rings is 1. The van der Waals surface area contributed by atoms with E-state index in [1.165, 1.54) is 56.8 Å². The van der Waals surface area contributed by atoms with Crippen molar-refractivity contribution >= 4 is 11.8 Å². The van der Waals surface area contributed by atoms with Gasteiger partial charge in [0.1, 0.15) is 0 Å². The van der Waals surface area contributed by atoms with E-state index in [2.05, 4.69) is 35.5 Å². The van der Waals surface area contributed by atoms with E-state index in [0.717, 1.165) is 12.6 Å². The van der Waals surface area contributed by atoms with Crippen LogP contribution in [0.25, 0.3) is 0 Å². The predicted molar refractivity (Wildman–Crippen MR) is 81.2 cm³/mol. The van der Waals surface area contributed by atoms with Gasteiger partial charge in [-0.1, -0.05) is 6.92 Å². The molecule has 4 heteroatoms. The Bertz CT molecular complexity index is 245. The van der Waals surface area contributed by atoms with Gasteiger partial charge in [-0.15, -0.1) is 0 Å². The summed E-state index contributed by atoms with van der Waals surface area (Å²) in [6.45, 7) is 6.81. The number of likely N-dealkylation sites (tertiary alicyclic amines) is 1. The van der Waals surface area contributed by atoms with Crippen molar-refractivity contribution in [2.45, 2.75) is 44.2 Å². The van der Waals surface area contributed by atoms with E-state index in [1.807, 2.05) is 0 Å². The molecule has 1 atom stereocenters. The zero-order chi connectivity index (χ0) is 13.0. The summed E-state index contributed by atoms with van der Waals surface area (Å²) in [4.78, 5) is 5.24. The maximum absolute atomic E-state index is 6.16. The van der Waals surface area contributed by atoms with Crippen LogP contribution in [0.5, 0.6) is 0 Å². The first-order valence-corrected chi connectivity index (χ1v) is 8.60. The van der Waals surface area contributed by atoms with Crippen LogP contribution in [0.2, 0.25) is 0 Å². The van der Waals surface area contributed by atoms with E-state index in [-0.39, 0.29) is 5.54 Å². The van der Waals surface area contributed by atoms with Gasteiger partial charge in [0.05, 0.1) is 0 Å². The number of nitrogens with zero attached hydrogens (tertiary/aromatic N) is 2. The molecule has 1 unspecified atom stereocenters. The Labute approximate surface area is 116 Å². The fourth-order valence-corrected chi connectivity index (χ4v) is 4.69. The zero-order valence-corrected chi connectivity index (χ0v) is 12.8. The number of thioether (sulfide) groups is 1. The molecular weight excluding hydrogens is 242 g/mol. The van der Waals surface area contributed by atoms with E-state index in [1.54, 1.807) is 0 Å². The Kier molecular flexibility index (Phi) is 5.36. The largest absolute Gasteiger partial charge is 0.329 e. The van der Waals surface area contributed by atoms with Gasteiger partial charge in [-0.2, -0.15) is 11.8 Å². The van der Waals surface area contributed by atoms with Gasteiger partial charge in [0, 0.05) is 23.9 Å². The average Bonchev–Trinajstić information content (AvgIpc) is 2.93. The van der Waals surface area contributed by atoms with E-state index in [0.29, 0.717) is 0 Å². The van der Waals surface area contributed by atoms with Crippen molar-refractivity contribution in [2.75, 3.05) is 44.7 Å². The minimum absolute atomic E-state index is 0.278. The maximum atomic E-state index is 6.16. The van der Waals surface area contributed by atoms with Gasteiger partial charge in [-0.25, -0.2) is 0 Å². The molecule has 0 spiro atoms. The number of nitrogens with two attached hydrogens (primary N) is 1. The van der Waals surface area contributed by atoms with E-state index < -0.39 is 0 Å². The molecule has 2 aliphatic heterocycles. The molecular formula is C14H29N3S. The molecule has 18 heavy (non-hydrogen) atoms. The Hall–Kier alpha value is 0.230. The molecule has 0 aliphatic carbocycles. The summed E-state index contributed by atoms with van der Waals surface area (Å²) in [6, 6.07) is 0.760. The molecule has 0 aromatic heterocycles. The Morgan fingerprint density at radius 3 is 2.61 bits per heavy atom. The van der Waals surface area contributed by atoms with Gasteiger partial charge in [0.25, 0.3) is 0 Å². The molecule has 0 radical (unpaired) electrons. The highest BCUT2D eigenvalue weighted by Gasteiger charge is 2.40. The second-order valence-electron chi connectivity index (χ2n) is 5.90. The van der Waals surface area contributed by atoms with Crippen molar-refractivity contribution in [2.24, 2.45) is 5.73 Å². The summed E-state index contributed by atoms with van der Waals surface area (Å²) in [5, 5.41) is 0. The van der Waals surface area contributed by atoms with Gasteiger partial charge >= 0.3 is 0 Å². The van der Waals surface area contributed by atoms with Crippen LogP contribution in [0.4, 0.5) is 0 Å². The van der Waals surface area contributed by atoms with Crippen LogP contribution in [0, 0.1) is 0 Å². The highest BCUT2D eigenvalue weighted by atomic mass is 32.2. The van der Waals surface area contributed by atoms with Crippen molar-refractivity contribution in [3.8, 4) is 0 Å². The van der Waals surface area contributed by atoms with E-state index in [4.69, 9.17) is 5.73 Å². The minimum atomic E-state index is 0.278. The normalized spacial score (nSPS) is 29.0. The number of likely N-dealkylation sites (N-methyl/N-ethyl adjacent to an activating group) is 1. The lowest BCUT2D eigenvalue weighted by Gasteiger charge is -2.49. The summed E-state index contributed by atoms with van der Waals surface area (Å²) in [5.41, 5.74) is 6.44. The molecule has 106 valence electrons. The molecule has 2 aliphatic rings. The minimum Gasteiger partial charge on any atom is -0.329 e. The SMILES string of the molecule is CCCN1CCC(CN)(N(C)C2CCSC2)CC1. The fraction of sp³-hybridized carbons (Fsp3) is 1.00. The van der Waals surface area contributed by atoms with Crippen LogP contribution < -0.4 is 5.73 Å². The van der Waals surface area contributed by atoms with Gasteiger partial charge < -0.3 is 10.6 Å². The number of hydrogen-bond acceptors (Lipinski definition) is 4. The molecule has 2 heterocycles. The first-order valence-electron chi connectivity index (χ1n) is 7.45. The van der Waals surface area contributed by atoms with Crippen LogP contribution in [0.1, 0.15) is 32.6 Å². The fourth-order valence-electron chi connectivity index (χ4n) is 3.42. The summed E-state index contributed by atoms with van der Waals surface area (Å²) in [6.07, 6.45) is 5.12. The Morgan fingerprint density at radius 2 is 2.11 bits per heavy atom. The molecule has 3 nitrogen and oxygen atoms in total. The monoisotopic (exact) mass is 271 g/mol. The quantitative estimate of drug-likeness (QED) is 0.824. The first-order chi connectivity index (χ1) is 8.72. The molecule has 0 amide bonds. The molecule has 2 saturated heterocycles. The van der Waals surface area contributed by atoms with Crippen molar-refractivity contribution in [3.05, 3.63) is 0 Å².